The first-order chi connectivity index (χ1) is 8.58. The molecule has 0 fully saturated rings. The van der Waals surface area contributed by atoms with Gasteiger partial charge in [0.15, 0.2) is 0 Å². The van der Waals surface area contributed by atoms with Gasteiger partial charge in [0, 0.05) is 30.9 Å². The highest BCUT2D eigenvalue weighted by Gasteiger charge is 2.10. The van der Waals surface area contributed by atoms with E-state index in [-0.39, 0.29) is 0 Å². The number of hydrogen-bond donors (Lipinski definition) is 1. The third-order valence-electron chi connectivity index (χ3n) is 3.13. The number of imidazole rings is 1. The lowest BCUT2D eigenvalue weighted by Gasteiger charge is -2.12. The first-order valence-corrected chi connectivity index (χ1v) is 6.36. The maximum atomic E-state index is 10.1. The van der Waals surface area contributed by atoms with Crippen molar-refractivity contribution in [1.82, 2.24) is 9.55 Å². The van der Waals surface area contributed by atoms with Crippen molar-refractivity contribution >= 4 is 11.6 Å². The van der Waals surface area contributed by atoms with Crippen LogP contribution in [0.2, 0.25) is 5.02 Å². The fraction of sp³-hybridized carbons (Fsp3) is 0.357. The zero-order valence-electron chi connectivity index (χ0n) is 10.6. The largest absolute Gasteiger partial charge is 0.388 e. The maximum absolute atomic E-state index is 10.1. The third kappa shape index (κ3) is 2.92. The monoisotopic (exact) mass is 264 g/mol. The molecule has 0 aliphatic carbocycles. The SMILES string of the molecule is Cc1cc(C(O)CCc2nccn2C)ccc1Cl. The van der Waals surface area contributed by atoms with Crippen LogP contribution in [0.25, 0.3) is 0 Å². The number of aliphatic hydroxyl groups is 1. The number of benzene rings is 1. The molecule has 96 valence electrons. The Morgan fingerprint density at radius 1 is 1.44 bits per heavy atom. The Morgan fingerprint density at radius 3 is 2.83 bits per heavy atom. The summed E-state index contributed by atoms with van der Waals surface area (Å²) in [5.74, 6) is 0.986. The van der Waals surface area contributed by atoms with Gasteiger partial charge in [-0.05, 0) is 30.5 Å². The number of rotatable bonds is 4. The van der Waals surface area contributed by atoms with E-state index in [1.54, 1.807) is 6.20 Å². The molecule has 0 amide bonds. The molecule has 0 spiro atoms. The third-order valence-corrected chi connectivity index (χ3v) is 3.55. The Balaban J connectivity index is 2.01. The van der Waals surface area contributed by atoms with E-state index < -0.39 is 6.10 Å². The van der Waals surface area contributed by atoms with Gasteiger partial charge in [0.25, 0.3) is 0 Å². The molecule has 1 aromatic carbocycles. The summed E-state index contributed by atoms with van der Waals surface area (Å²) in [4.78, 5) is 4.24. The highest BCUT2D eigenvalue weighted by Crippen LogP contribution is 2.23. The van der Waals surface area contributed by atoms with Crippen LogP contribution in [0.15, 0.2) is 30.6 Å². The molecule has 1 heterocycles. The topological polar surface area (TPSA) is 38.1 Å². The molecule has 3 nitrogen and oxygen atoms in total. The minimum Gasteiger partial charge on any atom is -0.388 e. The molecule has 0 bridgehead atoms. The fourth-order valence-corrected chi connectivity index (χ4v) is 2.06. The van der Waals surface area contributed by atoms with Crippen LogP contribution in [0, 0.1) is 6.92 Å². The lowest BCUT2D eigenvalue weighted by Crippen LogP contribution is -2.03. The van der Waals surface area contributed by atoms with Crippen molar-refractivity contribution in [3.8, 4) is 0 Å². The Bertz CT molecular complexity index is 536. The summed E-state index contributed by atoms with van der Waals surface area (Å²) in [5, 5.41) is 10.9. The highest BCUT2D eigenvalue weighted by molar-refractivity contribution is 6.31. The Kier molecular flexibility index (Phi) is 4.04. The number of halogens is 1. The summed E-state index contributed by atoms with van der Waals surface area (Å²) in [5.41, 5.74) is 1.90. The molecular weight excluding hydrogens is 248 g/mol. The van der Waals surface area contributed by atoms with Crippen LogP contribution >= 0.6 is 11.6 Å². The molecule has 0 saturated heterocycles. The van der Waals surface area contributed by atoms with E-state index >= 15 is 0 Å². The molecule has 1 N–H and O–H groups in total. The predicted octanol–water partition coefficient (Wildman–Crippen LogP) is 3.05. The van der Waals surface area contributed by atoms with Crippen molar-refractivity contribution < 1.29 is 5.11 Å². The van der Waals surface area contributed by atoms with E-state index in [1.165, 1.54) is 0 Å². The van der Waals surface area contributed by atoms with Gasteiger partial charge >= 0.3 is 0 Å². The van der Waals surface area contributed by atoms with Crippen molar-refractivity contribution in [3.05, 3.63) is 52.6 Å². The van der Waals surface area contributed by atoms with E-state index in [2.05, 4.69) is 4.98 Å². The predicted molar refractivity (Wildman–Crippen MR) is 72.7 cm³/mol. The number of hydrogen-bond acceptors (Lipinski definition) is 2. The number of aryl methyl sites for hydroxylation is 3. The Labute approximate surface area is 112 Å². The smallest absolute Gasteiger partial charge is 0.108 e. The van der Waals surface area contributed by atoms with Gasteiger partial charge < -0.3 is 9.67 Å². The van der Waals surface area contributed by atoms with Crippen LogP contribution in [0.5, 0.6) is 0 Å². The first kappa shape index (κ1) is 13.1. The molecule has 0 aliphatic rings. The van der Waals surface area contributed by atoms with Crippen LogP contribution in [0.4, 0.5) is 0 Å². The quantitative estimate of drug-likeness (QED) is 0.922. The first-order valence-electron chi connectivity index (χ1n) is 5.98. The van der Waals surface area contributed by atoms with E-state index in [0.717, 1.165) is 28.4 Å². The highest BCUT2D eigenvalue weighted by atomic mass is 35.5. The molecule has 1 unspecified atom stereocenters. The molecule has 0 aliphatic heterocycles. The second-order valence-electron chi connectivity index (χ2n) is 4.52. The molecular formula is C14H17ClN2O. The van der Waals surface area contributed by atoms with Gasteiger partial charge in [-0.3, -0.25) is 0 Å². The van der Waals surface area contributed by atoms with Gasteiger partial charge in [-0.25, -0.2) is 4.98 Å². The average molecular weight is 265 g/mol. The van der Waals surface area contributed by atoms with Crippen molar-refractivity contribution in [2.45, 2.75) is 25.9 Å². The van der Waals surface area contributed by atoms with Crippen molar-refractivity contribution in [2.75, 3.05) is 0 Å². The van der Waals surface area contributed by atoms with E-state index in [9.17, 15) is 5.11 Å². The Hall–Kier alpha value is -1.32. The average Bonchev–Trinajstić information content (AvgIpc) is 2.75. The summed E-state index contributed by atoms with van der Waals surface area (Å²) < 4.78 is 1.97. The van der Waals surface area contributed by atoms with E-state index in [4.69, 9.17) is 11.6 Å². The maximum Gasteiger partial charge on any atom is 0.108 e. The van der Waals surface area contributed by atoms with Crippen LogP contribution in [0.1, 0.15) is 29.5 Å². The molecule has 2 rings (SSSR count). The Morgan fingerprint density at radius 2 is 2.22 bits per heavy atom. The number of nitrogens with zero attached hydrogens (tertiary/aromatic N) is 2. The standard InChI is InChI=1S/C14H17ClN2O/c1-10-9-11(3-4-12(10)15)13(18)5-6-14-16-7-8-17(14)2/h3-4,7-9,13,18H,5-6H2,1-2H3. The fourth-order valence-electron chi connectivity index (χ4n) is 1.95. The normalized spacial score (nSPS) is 12.7. The summed E-state index contributed by atoms with van der Waals surface area (Å²) >= 11 is 5.97. The summed E-state index contributed by atoms with van der Waals surface area (Å²) in [6.45, 7) is 1.94. The molecule has 18 heavy (non-hydrogen) atoms. The van der Waals surface area contributed by atoms with Crippen LogP contribution in [-0.4, -0.2) is 14.7 Å². The van der Waals surface area contributed by atoms with Gasteiger partial charge in [-0.2, -0.15) is 0 Å². The van der Waals surface area contributed by atoms with Gasteiger partial charge in [0.05, 0.1) is 6.10 Å². The van der Waals surface area contributed by atoms with Gasteiger partial charge in [-0.1, -0.05) is 23.7 Å². The van der Waals surface area contributed by atoms with E-state index in [1.807, 2.05) is 42.9 Å². The van der Waals surface area contributed by atoms with Gasteiger partial charge in [0.2, 0.25) is 0 Å². The second kappa shape index (κ2) is 5.55. The minimum atomic E-state index is -0.474. The van der Waals surface area contributed by atoms with Crippen LogP contribution in [-0.2, 0) is 13.5 Å². The summed E-state index contributed by atoms with van der Waals surface area (Å²) in [7, 11) is 1.96. The van der Waals surface area contributed by atoms with Crippen molar-refractivity contribution in [2.24, 2.45) is 7.05 Å². The summed E-state index contributed by atoms with van der Waals surface area (Å²) in [6.07, 6.45) is 4.62. The van der Waals surface area contributed by atoms with Gasteiger partial charge in [0.1, 0.15) is 5.82 Å². The molecule has 0 radical (unpaired) electrons. The molecule has 2 aromatic rings. The van der Waals surface area contributed by atoms with E-state index in [0.29, 0.717) is 6.42 Å². The van der Waals surface area contributed by atoms with Crippen molar-refractivity contribution in [3.63, 3.8) is 0 Å². The molecule has 1 atom stereocenters. The summed E-state index contributed by atoms with van der Waals surface area (Å²) in [6, 6.07) is 5.64. The zero-order chi connectivity index (χ0) is 13.1. The second-order valence-corrected chi connectivity index (χ2v) is 4.92. The van der Waals surface area contributed by atoms with Crippen LogP contribution in [0.3, 0.4) is 0 Å². The lowest BCUT2D eigenvalue weighted by molar-refractivity contribution is 0.166. The number of aromatic nitrogens is 2. The number of aliphatic hydroxyl groups excluding tert-OH is 1. The molecule has 0 saturated carbocycles. The van der Waals surface area contributed by atoms with Crippen molar-refractivity contribution in [1.29, 1.82) is 0 Å². The molecule has 4 heteroatoms. The molecule has 1 aromatic heterocycles. The lowest BCUT2D eigenvalue weighted by atomic mass is 10.0. The minimum absolute atomic E-state index is 0.474. The van der Waals surface area contributed by atoms with Gasteiger partial charge in [-0.15, -0.1) is 0 Å². The zero-order valence-corrected chi connectivity index (χ0v) is 11.4. The van der Waals surface area contributed by atoms with Crippen LogP contribution < -0.4 is 0 Å².